The fraction of sp³-hybridized carbons (Fsp3) is 0.0270. The molecule has 196 valence electrons. The summed E-state index contributed by atoms with van der Waals surface area (Å²) < 4.78 is 1.71. The molecule has 42 heavy (non-hydrogen) atoms. The minimum absolute atomic E-state index is 0.191. The van der Waals surface area contributed by atoms with E-state index in [-0.39, 0.29) is 5.56 Å². The maximum Gasteiger partial charge on any atom is 0.264 e. The Morgan fingerprint density at radius 1 is 0.833 bits per heavy atom. The number of imidazole rings is 1. The quantitative estimate of drug-likeness (QED) is 0.211. The van der Waals surface area contributed by atoms with Crippen LogP contribution < -0.4 is 5.56 Å². The molecule has 0 amide bonds. The van der Waals surface area contributed by atoms with Crippen LogP contribution in [0.25, 0.3) is 66.1 Å². The van der Waals surface area contributed by atoms with Crippen LogP contribution >= 0.6 is 0 Å². The van der Waals surface area contributed by atoms with Crippen molar-refractivity contribution in [3.05, 3.63) is 137 Å². The number of allylic oxidation sites excluding steroid dienone is 3. The summed E-state index contributed by atoms with van der Waals surface area (Å²) in [6, 6.07) is 33.2. The molecule has 5 nitrogen and oxygen atoms in total. The fourth-order valence-electron chi connectivity index (χ4n) is 5.95. The second-order valence-electron chi connectivity index (χ2n) is 10.2. The number of nitriles is 2. The van der Waals surface area contributed by atoms with E-state index in [1.165, 1.54) is 0 Å². The number of fused-ring (bicyclic) bond motifs is 4. The molecule has 5 heteroatoms. The summed E-state index contributed by atoms with van der Waals surface area (Å²) in [7, 11) is 0. The Labute approximate surface area is 241 Å². The van der Waals surface area contributed by atoms with Gasteiger partial charge in [0.25, 0.3) is 5.56 Å². The molecule has 0 radical (unpaired) electrons. The molecule has 0 bridgehead atoms. The zero-order valence-corrected chi connectivity index (χ0v) is 22.7. The molecule has 0 aliphatic heterocycles. The summed E-state index contributed by atoms with van der Waals surface area (Å²) in [4.78, 5) is 19.4. The number of aromatic nitrogens is 2. The summed E-state index contributed by atoms with van der Waals surface area (Å²) in [5, 5.41) is 22.1. The van der Waals surface area contributed by atoms with E-state index in [1.54, 1.807) is 28.7 Å². The predicted molar refractivity (Wildman–Crippen MR) is 169 cm³/mol. The molecule has 0 atom stereocenters. The first kappa shape index (κ1) is 25.0. The van der Waals surface area contributed by atoms with E-state index in [4.69, 9.17) is 4.98 Å². The van der Waals surface area contributed by atoms with Crippen molar-refractivity contribution < 1.29 is 0 Å². The average Bonchev–Trinajstić information content (AvgIpc) is 3.43. The SMILES string of the molecule is C=C(/C=C\C)c1cc(-c2ccccc2)c2c(c1)nc1c3ccc(-c4ccc(C#N)cc4)c4c(C#N)ccc(c(=O)n12)c43. The van der Waals surface area contributed by atoms with Gasteiger partial charge in [-0.15, -0.1) is 0 Å². The van der Waals surface area contributed by atoms with Crippen molar-refractivity contribution in [2.24, 2.45) is 0 Å². The third kappa shape index (κ3) is 3.62. The zero-order chi connectivity index (χ0) is 29.0. The largest absolute Gasteiger partial charge is 0.268 e. The highest BCUT2D eigenvalue weighted by atomic mass is 16.1. The van der Waals surface area contributed by atoms with Gasteiger partial charge in [-0.1, -0.05) is 67.3 Å². The molecule has 5 aromatic carbocycles. The van der Waals surface area contributed by atoms with E-state index in [1.807, 2.05) is 79.7 Å². The molecule has 0 unspecified atom stereocenters. The summed E-state index contributed by atoms with van der Waals surface area (Å²) in [6.07, 6.45) is 3.91. The number of nitrogens with zero attached hydrogens (tertiary/aromatic N) is 4. The molecule has 0 spiro atoms. The van der Waals surface area contributed by atoms with Gasteiger partial charge in [0, 0.05) is 27.1 Å². The van der Waals surface area contributed by atoms with Crippen molar-refractivity contribution in [1.29, 1.82) is 10.5 Å². The number of benzene rings is 5. The first-order valence-electron chi connectivity index (χ1n) is 13.5. The summed E-state index contributed by atoms with van der Waals surface area (Å²) in [5.41, 5.74) is 8.13. The third-order valence-corrected chi connectivity index (χ3v) is 7.86. The normalized spacial score (nSPS) is 11.5. The van der Waals surface area contributed by atoms with Gasteiger partial charge in [0.15, 0.2) is 0 Å². The maximum absolute atomic E-state index is 14.4. The van der Waals surface area contributed by atoms with Gasteiger partial charge in [0.2, 0.25) is 0 Å². The van der Waals surface area contributed by atoms with E-state index in [0.717, 1.165) is 44.3 Å². The highest BCUT2D eigenvalue weighted by Crippen LogP contribution is 2.40. The molecule has 2 heterocycles. The Hall–Kier alpha value is -6.04. The van der Waals surface area contributed by atoms with Crippen molar-refractivity contribution >= 4 is 43.8 Å². The van der Waals surface area contributed by atoms with E-state index >= 15 is 0 Å². The lowest BCUT2D eigenvalue weighted by atomic mass is 9.91. The lowest BCUT2D eigenvalue weighted by molar-refractivity contribution is 1.19. The van der Waals surface area contributed by atoms with Gasteiger partial charge in [-0.25, -0.2) is 4.98 Å². The fourth-order valence-corrected chi connectivity index (χ4v) is 5.95. The molecule has 0 aliphatic carbocycles. The van der Waals surface area contributed by atoms with Gasteiger partial charge in [-0.2, -0.15) is 10.5 Å². The smallest absolute Gasteiger partial charge is 0.264 e. The zero-order valence-electron chi connectivity index (χ0n) is 22.7. The first-order valence-corrected chi connectivity index (χ1v) is 13.5. The summed E-state index contributed by atoms with van der Waals surface area (Å²) in [5.74, 6) is 0. The van der Waals surface area contributed by atoms with Crippen LogP contribution in [0.4, 0.5) is 0 Å². The molecular weight excluding hydrogens is 516 g/mol. The van der Waals surface area contributed by atoms with Gasteiger partial charge in [-0.3, -0.25) is 9.20 Å². The van der Waals surface area contributed by atoms with Gasteiger partial charge in [-0.05, 0) is 77.2 Å². The minimum Gasteiger partial charge on any atom is -0.268 e. The summed E-state index contributed by atoms with van der Waals surface area (Å²) in [6.45, 7) is 6.20. The van der Waals surface area contributed by atoms with E-state index in [9.17, 15) is 15.3 Å². The Bertz CT molecular complexity index is 2400. The van der Waals surface area contributed by atoms with Crippen molar-refractivity contribution in [2.45, 2.75) is 6.92 Å². The van der Waals surface area contributed by atoms with Crippen LogP contribution in [0.1, 0.15) is 23.6 Å². The lowest BCUT2D eigenvalue weighted by Gasteiger charge is -2.14. The Morgan fingerprint density at radius 2 is 1.57 bits per heavy atom. The third-order valence-electron chi connectivity index (χ3n) is 7.86. The van der Waals surface area contributed by atoms with Crippen LogP contribution in [0.5, 0.6) is 0 Å². The monoisotopic (exact) mass is 538 g/mol. The second kappa shape index (κ2) is 9.55. The van der Waals surface area contributed by atoms with Crippen molar-refractivity contribution in [3.63, 3.8) is 0 Å². The highest BCUT2D eigenvalue weighted by Gasteiger charge is 2.22. The van der Waals surface area contributed by atoms with Gasteiger partial charge in [0.05, 0.1) is 34.3 Å². The maximum atomic E-state index is 14.4. The molecule has 0 fully saturated rings. The predicted octanol–water partition coefficient (Wildman–Crippen LogP) is 8.26. The Kier molecular flexibility index (Phi) is 5.68. The standard InChI is InChI=1S/C37H22N4O/c1-3-7-22(2)27-18-31(24-8-5-4-6-9-24)35-32(19-27)40-36-29-17-16-28(25-12-10-23(20-38)11-13-25)33-26(21-39)14-15-30(34(29)33)37(42)41(35)36/h3-19H,2H2,1H3/b7-3-. The highest BCUT2D eigenvalue weighted by molar-refractivity contribution is 6.21. The minimum atomic E-state index is -0.191. The number of pyridine rings is 1. The van der Waals surface area contributed by atoms with E-state index in [0.29, 0.717) is 38.4 Å². The molecule has 2 aromatic heterocycles. The number of hydrogen-bond donors (Lipinski definition) is 0. The molecule has 0 aliphatic rings. The van der Waals surface area contributed by atoms with Crippen molar-refractivity contribution in [2.75, 3.05) is 0 Å². The van der Waals surface area contributed by atoms with E-state index < -0.39 is 0 Å². The van der Waals surface area contributed by atoms with Crippen molar-refractivity contribution in [1.82, 2.24) is 9.38 Å². The molecule has 7 rings (SSSR count). The van der Waals surface area contributed by atoms with Crippen molar-refractivity contribution in [3.8, 4) is 34.4 Å². The lowest BCUT2D eigenvalue weighted by Crippen LogP contribution is -2.14. The van der Waals surface area contributed by atoms with Crippen LogP contribution in [-0.2, 0) is 0 Å². The molecular formula is C37H22N4O. The second-order valence-corrected chi connectivity index (χ2v) is 10.2. The van der Waals surface area contributed by atoms with Gasteiger partial charge < -0.3 is 0 Å². The van der Waals surface area contributed by atoms with Crippen LogP contribution in [0.2, 0.25) is 0 Å². The van der Waals surface area contributed by atoms with Gasteiger partial charge >= 0.3 is 0 Å². The topological polar surface area (TPSA) is 81.9 Å². The van der Waals surface area contributed by atoms with E-state index in [2.05, 4.69) is 24.8 Å². The van der Waals surface area contributed by atoms with Crippen LogP contribution in [0, 0.1) is 22.7 Å². The Balaban J connectivity index is 1.65. The summed E-state index contributed by atoms with van der Waals surface area (Å²) >= 11 is 0. The molecule has 0 saturated heterocycles. The molecule has 0 N–H and O–H groups in total. The van der Waals surface area contributed by atoms with Crippen LogP contribution in [-0.4, -0.2) is 9.38 Å². The van der Waals surface area contributed by atoms with Crippen LogP contribution in [0.15, 0.2) is 115 Å². The first-order chi connectivity index (χ1) is 20.5. The molecule has 7 aromatic rings. The average molecular weight is 539 g/mol. The Morgan fingerprint density at radius 3 is 2.29 bits per heavy atom. The number of hydrogen-bond acceptors (Lipinski definition) is 4. The van der Waals surface area contributed by atoms with Gasteiger partial charge in [0.1, 0.15) is 5.65 Å². The van der Waals surface area contributed by atoms with Crippen LogP contribution in [0.3, 0.4) is 0 Å². The molecule has 0 saturated carbocycles. The number of rotatable bonds is 4.